The van der Waals surface area contributed by atoms with Crippen molar-refractivity contribution in [3.05, 3.63) is 125 Å². The smallest absolute Gasteiger partial charge is 0.264 e. The number of amides is 2. The van der Waals surface area contributed by atoms with Crippen molar-refractivity contribution < 1.29 is 22.7 Å². The van der Waals surface area contributed by atoms with Crippen molar-refractivity contribution in [1.82, 2.24) is 10.2 Å². The van der Waals surface area contributed by atoms with Crippen molar-refractivity contribution in [3.8, 4) is 5.75 Å². The molecule has 8 nitrogen and oxygen atoms in total. The van der Waals surface area contributed by atoms with E-state index in [-0.39, 0.29) is 23.8 Å². The molecule has 0 aliphatic carbocycles. The van der Waals surface area contributed by atoms with Gasteiger partial charge in [-0.25, -0.2) is 8.42 Å². The highest BCUT2D eigenvalue weighted by atomic mass is 79.9. The number of hydrogen-bond acceptors (Lipinski definition) is 5. The summed E-state index contributed by atoms with van der Waals surface area (Å²) in [6.45, 7) is 4.41. The average Bonchev–Trinajstić information content (AvgIpc) is 3.06. The third kappa shape index (κ3) is 9.43. The van der Waals surface area contributed by atoms with Gasteiger partial charge in [-0.05, 0) is 73.0 Å². The predicted octanol–water partition coefficient (Wildman–Crippen LogP) is 6.60. The first-order valence-electron chi connectivity index (χ1n) is 15.4. The maximum atomic E-state index is 14.5. The molecule has 1 N–H and O–H groups in total. The average molecular weight is 707 g/mol. The van der Waals surface area contributed by atoms with E-state index >= 15 is 0 Å². The molecule has 4 aromatic carbocycles. The molecule has 4 aromatic rings. The number of nitrogens with one attached hydrogen (secondary N) is 1. The monoisotopic (exact) mass is 705 g/mol. The molecule has 0 bridgehead atoms. The molecular weight excluding hydrogens is 666 g/mol. The summed E-state index contributed by atoms with van der Waals surface area (Å²) >= 11 is 3.51. The van der Waals surface area contributed by atoms with Crippen LogP contribution in [0.5, 0.6) is 5.75 Å². The molecular formula is C36H40BrN3O5S. The molecule has 10 heteroatoms. The molecule has 4 rings (SSSR count). The lowest BCUT2D eigenvalue weighted by atomic mass is 10.0. The van der Waals surface area contributed by atoms with Crippen LogP contribution >= 0.6 is 15.9 Å². The number of unbranched alkanes of at least 4 members (excludes halogenated alkanes) is 1. The first-order chi connectivity index (χ1) is 22.2. The number of rotatable bonds is 16. The van der Waals surface area contributed by atoms with Gasteiger partial charge in [-0.2, -0.15) is 0 Å². The Morgan fingerprint density at radius 3 is 2.13 bits per heavy atom. The summed E-state index contributed by atoms with van der Waals surface area (Å²) in [6, 6.07) is 30.7. The van der Waals surface area contributed by atoms with E-state index in [1.54, 1.807) is 42.5 Å². The number of nitrogens with zero attached hydrogens (tertiary/aromatic N) is 2. The molecule has 1 unspecified atom stereocenters. The molecule has 0 aliphatic rings. The number of hydrogen-bond donors (Lipinski definition) is 1. The van der Waals surface area contributed by atoms with E-state index < -0.39 is 28.5 Å². The van der Waals surface area contributed by atoms with Gasteiger partial charge in [0.25, 0.3) is 10.0 Å². The zero-order valence-electron chi connectivity index (χ0n) is 26.1. The van der Waals surface area contributed by atoms with Crippen LogP contribution < -0.4 is 14.4 Å². The van der Waals surface area contributed by atoms with Crippen LogP contribution in [0, 0.1) is 0 Å². The molecule has 0 saturated heterocycles. The summed E-state index contributed by atoms with van der Waals surface area (Å²) in [6.07, 6.45) is 1.95. The van der Waals surface area contributed by atoms with Gasteiger partial charge in [0.15, 0.2) is 0 Å². The number of benzene rings is 4. The quantitative estimate of drug-likeness (QED) is 0.133. The molecule has 2 amide bonds. The Morgan fingerprint density at radius 2 is 1.50 bits per heavy atom. The Labute approximate surface area is 280 Å². The zero-order chi connectivity index (χ0) is 32.9. The van der Waals surface area contributed by atoms with Gasteiger partial charge in [0.1, 0.15) is 18.3 Å². The van der Waals surface area contributed by atoms with E-state index in [2.05, 4.69) is 21.2 Å². The number of sulfonamides is 1. The van der Waals surface area contributed by atoms with Crippen molar-refractivity contribution in [3.63, 3.8) is 0 Å². The predicted molar refractivity (Wildman–Crippen MR) is 185 cm³/mol. The van der Waals surface area contributed by atoms with Gasteiger partial charge in [0.05, 0.1) is 17.2 Å². The maximum Gasteiger partial charge on any atom is 0.264 e. The van der Waals surface area contributed by atoms with Gasteiger partial charge in [-0.3, -0.25) is 13.9 Å². The van der Waals surface area contributed by atoms with Crippen molar-refractivity contribution in [1.29, 1.82) is 0 Å². The SMILES string of the molecule is CCCCNC(=O)C(Cc1ccccc1)N(Cc1cccc(Br)c1)C(=O)CN(c1ccc(OCC)cc1)S(=O)(=O)c1ccccc1. The van der Waals surface area contributed by atoms with Crippen LogP contribution in [-0.2, 0) is 32.6 Å². The highest BCUT2D eigenvalue weighted by molar-refractivity contribution is 9.10. The van der Waals surface area contributed by atoms with Crippen LogP contribution in [0.15, 0.2) is 119 Å². The molecule has 46 heavy (non-hydrogen) atoms. The van der Waals surface area contributed by atoms with Gasteiger partial charge in [0.2, 0.25) is 11.8 Å². The highest BCUT2D eigenvalue weighted by Gasteiger charge is 2.34. The third-order valence-corrected chi connectivity index (χ3v) is 9.67. The molecule has 0 spiro atoms. The lowest BCUT2D eigenvalue weighted by molar-refractivity contribution is -0.140. The first kappa shape index (κ1) is 34.7. The van der Waals surface area contributed by atoms with Crippen molar-refractivity contribution in [2.45, 2.75) is 50.6 Å². The van der Waals surface area contributed by atoms with Crippen molar-refractivity contribution in [2.75, 3.05) is 24.0 Å². The topological polar surface area (TPSA) is 96.0 Å². The summed E-state index contributed by atoms with van der Waals surface area (Å²) in [5.74, 6) is -0.225. The normalized spacial score (nSPS) is 11.8. The Kier molecular flexibility index (Phi) is 12.8. The molecule has 0 radical (unpaired) electrons. The Bertz CT molecular complexity index is 1670. The molecule has 0 saturated carbocycles. The van der Waals surface area contributed by atoms with Gasteiger partial charge in [0, 0.05) is 24.0 Å². The molecule has 0 aromatic heterocycles. The number of ether oxygens (including phenoxy) is 1. The zero-order valence-corrected chi connectivity index (χ0v) is 28.5. The minimum atomic E-state index is -4.17. The molecule has 1 atom stereocenters. The van der Waals surface area contributed by atoms with Crippen molar-refractivity contribution >= 4 is 43.5 Å². The van der Waals surface area contributed by atoms with Crippen LogP contribution in [0.25, 0.3) is 0 Å². The van der Waals surface area contributed by atoms with E-state index in [0.717, 1.165) is 32.7 Å². The van der Waals surface area contributed by atoms with E-state index in [4.69, 9.17) is 4.74 Å². The summed E-state index contributed by atoms with van der Waals surface area (Å²) in [5, 5.41) is 3.01. The van der Waals surface area contributed by atoms with Crippen LogP contribution in [0.4, 0.5) is 5.69 Å². The maximum absolute atomic E-state index is 14.5. The second-order valence-corrected chi connectivity index (χ2v) is 13.5. The summed E-state index contributed by atoms with van der Waals surface area (Å²) < 4.78 is 35.7. The second kappa shape index (κ2) is 17.0. The van der Waals surface area contributed by atoms with Gasteiger partial charge < -0.3 is 15.0 Å². The van der Waals surface area contributed by atoms with E-state index in [1.807, 2.05) is 68.4 Å². The van der Waals surface area contributed by atoms with Gasteiger partial charge in [-0.1, -0.05) is 89.9 Å². The van der Waals surface area contributed by atoms with E-state index in [0.29, 0.717) is 24.6 Å². The minimum Gasteiger partial charge on any atom is -0.494 e. The fourth-order valence-corrected chi connectivity index (χ4v) is 6.90. The fourth-order valence-electron chi connectivity index (χ4n) is 5.02. The molecule has 0 heterocycles. The van der Waals surface area contributed by atoms with Crippen LogP contribution in [-0.4, -0.2) is 50.9 Å². The number of carbonyl (C=O) groups is 2. The number of carbonyl (C=O) groups excluding carboxylic acids is 2. The lowest BCUT2D eigenvalue weighted by Gasteiger charge is -2.34. The fraction of sp³-hybridized carbons (Fsp3) is 0.278. The Balaban J connectivity index is 1.78. The summed E-state index contributed by atoms with van der Waals surface area (Å²) in [7, 11) is -4.17. The van der Waals surface area contributed by atoms with E-state index in [1.165, 1.54) is 17.0 Å². The van der Waals surface area contributed by atoms with Crippen LogP contribution in [0.3, 0.4) is 0 Å². The minimum absolute atomic E-state index is 0.0494. The largest absolute Gasteiger partial charge is 0.494 e. The second-order valence-electron chi connectivity index (χ2n) is 10.8. The van der Waals surface area contributed by atoms with Crippen molar-refractivity contribution in [2.24, 2.45) is 0 Å². The van der Waals surface area contributed by atoms with Crippen LogP contribution in [0.1, 0.15) is 37.8 Å². The summed E-state index contributed by atoms with van der Waals surface area (Å²) in [4.78, 5) is 29.9. The van der Waals surface area contributed by atoms with Gasteiger partial charge in [-0.15, -0.1) is 0 Å². The van der Waals surface area contributed by atoms with Crippen LogP contribution in [0.2, 0.25) is 0 Å². The Morgan fingerprint density at radius 1 is 0.848 bits per heavy atom. The van der Waals surface area contributed by atoms with Gasteiger partial charge >= 0.3 is 0 Å². The highest BCUT2D eigenvalue weighted by Crippen LogP contribution is 2.27. The molecule has 242 valence electrons. The summed E-state index contributed by atoms with van der Waals surface area (Å²) in [5.41, 5.74) is 1.97. The number of halogens is 1. The standard InChI is InChI=1S/C36H40BrN3O5S/c1-3-5-23-38-36(42)34(25-28-13-8-6-9-14-28)39(26-29-15-12-16-30(37)24-29)35(41)27-40(31-19-21-32(22-20-31)45-4-2)46(43,44)33-17-10-7-11-18-33/h6-22,24,34H,3-5,23,25-27H2,1-2H3,(H,38,42). The number of anilines is 1. The van der Waals surface area contributed by atoms with E-state index in [9.17, 15) is 18.0 Å². The molecule has 0 aliphatic heterocycles. The lowest BCUT2D eigenvalue weighted by Crippen LogP contribution is -2.53. The first-order valence-corrected chi connectivity index (χ1v) is 17.6. The molecule has 0 fully saturated rings. The Hall–Kier alpha value is -4.15. The third-order valence-electron chi connectivity index (χ3n) is 7.39.